The summed E-state index contributed by atoms with van der Waals surface area (Å²) in [6, 6.07) is 7.65. The molecule has 2 aliphatic carbocycles. The van der Waals surface area contributed by atoms with Gasteiger partial charge in [0, 0.05) is 11.6 Å². The van der Waals surface area contributed by atoms with Gasteiger partial charge in [0.25, 0.3) is 0 Å². The topological polar surface area (TPSA) is 45.6 Å². The van der Waals surface area contributed by atoms with Gasteiger partial charge in [0.05, 0.1) is 12.8 Å². The molecule has 4 nitrogen and oxygen atoms in total. The summed E-state index contributed by atoms with van der Waals surface area (Å²) in [5.41, 5.74) is 4.97. The van der Waals surface area contributed by atoms with Crippen molar-refractivity contribution in [3.8, 4) is 5.75 Å². The van der Waals surface area contributed by atoms with E-state index in [0.717, 1.165) is 24.3 Å². The molecule has 1 aromatic rings. The number of methoxy groups -OCH3 is 1. The number of ether oxygens (including phenoxy) is 1. The van der Waals surface area contributed by atoms with Crippen LogP contribution >= 0.6 is 12.2 Å². The van der Waals surface area contributed by atoms with Gasteiger partial charge < -0.3 is 10.1 Å². The molecule has 104 valence electrons. The molecule has 2 atom stereocenters. The number of anilines is 1. The summed E-state index contributed by atoms with van der Waals surface area (Å²) >= 11 is 5.25. The van der Waals surface area contributed by atoms with Crippen LogP contribution in [0.3, 0.4) is 0 Å². The quantitative estimate of drug-likeness (QED) is 0.510. The zero-order chi connectivity index (χ0) is 13.9. The van der Waals surface area contributed by atoms with E-state index in [-0.39, 0.29) is 0 Å². The van der Waals surface area contributed by atoms with E-state index in [0.29, 0.717) is 16.9 Å². The molecule has 0 bridgehead atoms. The zero-order valence-electron chi connectivity index (χ0n) is 11.3. The van der Waals surface area contributed by atoms with Crippen molar-refractivity contribution in [2.45, 2.75) is 12.8 Å². The fourth-order valence-electron chi connectivity index (χ4n) is 2.68. The number of thiocarbonyl (C=S) groups is 1. The molecule has 0 aromatic heterocycles. The Kier molecular flexibility index (Phi) is 3.69. The highest BCUT2D eigenvalue weighted by molar-refractivity contribution is 7.80. The first kappa shape index (κ1) is 13.1. The number of benzene rings is 1. The third-order valence-corrected chi connectivity index (χ3v) is 4.01. The van der Waals surface area contributed by atoms with Crippen molar-refractivity contribution in [2.75, 3.05) is 12.4 Å². The van der Waals surface area contributed by atoms with Crippen molar-refractivity contribution in [1.82, 2.24) is 5.43 Å². The lowest BCUT2D eigenvalue weighted by atomic mass is 9.74. The zero-order valence-corrected chi connectivity index (χ0v) is 12.1. The summed E-state index contributed by atoms with van der Waals surface area (Å²) in [5.74, 6) is 2.05. The smallest absolute Gasteiger partial charge is 0.191 e. The van der Waals surface area contributed by atoms with Gasteiger partial charge >= 0.3 is 0 Å². The van der Waals surface area contributed by atoms with E-state index in [9.17, 15) is 0 Å². The second-order valence-corrected chi connectivity index (χ2v) is 5.42. The van der Waals surface area contributed by atoms with Crippen molar-refractivity contribution < 1.29 is 4.74 Å². The first-order valence-electron chi connectivity index (χ1n) is 6.71. The number of rotatable bonds is 3. The molecule has 0 saturated heterocycles. The van der Waals surface area contributed by atoms with Crippen molar-refractivity contribution in [1.29, 1.82) is 0 Å². The Hall–Kier alpha value is -1.88. The van der Waals surface area contributed by atoms with E-state index in [2.05, 4.69) is 28.0 Å². The third-order valence-electron chi connectivity index (χ3n) is 3.82. The van der Waals surface area contributed by atoms with E-state index in [1.165, 1.54) is 5.71 Å². The van der Waals surface area contributed by atoms with E-state index < -0.39 is 0 Å². The van der Waals surface area contributed by atoms with Gasteiger partial charge in [0.15, 0.2) is 5.11 Å². The molecule has 2 N–H and O–H groups in total. The molecule has 1 fully saturated rings. The number of nitrogens with one attached hydrogen (secondary N) is 2. The number of allylic oxidation sites excluding steroid dienone is 2. The second-order valence-electron chi connectivity index (χ2n) is 5.01. The van der Waals surface area contributed by atoms with Gasteiger partial charge in [-0.15, -0.1) is 0 Å². The fourth-order valence-corrected chi connectivity index (χ4v) is 2.84. The number of para-hydroxylation sites is 2. The predicted molar refractivity (Wildman–Crippen MR) is 85.1 cm³/mol. The number of nitrogens with zero attached hydrogens (tertiary/aromatic N) is 1. The van der Waals surface area contributed by atoms with Crippen molar-refractivity contribution in [3.63, 3.8) is 0 Å². The summed E-state index contributed by atoms with van der Waals surface area (Å²) in [7, 11) is 1.64. The molecule has 0 heterocycles. The van der Waals surface area contributed by atoms with Crippen LogP contribution in [-0.2, 0) is 0 Å². The molecule has 5 heteroatoms. The summed E-state index contributed by atoms with van der Waals surface area (Å²) in [6.07, 6.45) is 6.68. The van der Waals surface area contributed by atoms with E-state index in [1.54, 1.807) is 7.11 Å². The third kappa shape index (κ3) is 2.54. The van der Waals surface area contributed by atoms with Crippen LogP contribution in [0.15, 0.2) is 41.5 Å². The number of hydrazone groups is 1. The normalized spacial score (nSPS) is 24.9. The summed E-state index contributed by atoms with van der Waals surface area (Å²) in [6.45, 7) is 0. The molecule has 2 aliphatic rings. The van der Waals surface area contributed by atoms with Crippen LogP contribution in [0.5, 0.6) is 5.75 Å². The SMILES string of the molecule is COc1ccccc1NC(=S)N/N=C1/C[C@@H]2C=CC[C@@H]12. The molecular weight excluding hydrogens is 270 g/mol. The summed E-state index contributed by atoms with van der Waals surface area (Å²) in [4.78, 5) is 0. The van der Waals surface area contributed by atoms with Crippen molar-refractivity contribution in [3.05, 3.63) is 36.4 Å². The fraction of sp³-hybridized carbons (Fsp3) is 0.333. The Balaban J connectivity index is 1.56. The van der Waals surface area contributed by atoms with Gasteiger partial charge in [-0.05, 0) is 43.1 Å². The average Bonchev–Trinajstić information content (AvgIpc) is 2.81. The lowest BCUT2D eigenvalue weighted by Gasteiger charge is -2.31. The second kappa shape index (κ2) is 5.63. The molecule has 0 amide bonds. The standard InChI is InChI=1S/C15H17N3OS/c1-19-14-8-3-2-7-12(14)16-15(20)18-17-13-9-10-5-4-6-11(10)13/h2-5,7-8,10-11H,6,9H2,1H3,(H2,16,18,20)/b17-13-/t10-,11+/m0/s1. The molecule has 0 unspecified atom stereocenters. The van der Waals surface area contributed by atoms with Crippen LogP contribution in [-0.4, -0.2) is 17.9 Å². The lowest BCUT2D eigenvalue weighted by Crippen LogP contribution is -2.36. The minimum atomic E-state index is 0.483. The van der Waals surface area contributed by atoms with Gasteiger partial charge in [-0.1, -0.05) is 24.3 Å². The van der Waals surface area contributed by atoms with E-state index >= 15 is 0 Å². The Morgan fingerprint density at radius 2 is 2.25 bits per heavy atom. The highest BCUT2D eigenvalue weighted by Crippen LogP contribution is 2.40. The molecule has 3 rings (SSSR count). The van der Waals surface area contributed by atoms with Gasteiger partial charge in [-0.25, -0.2) is 0 Å². The Labute approximate surface area is 123 Å². The number of hydrogen-bond acceptors (Lipinski definition) is 3. The monoisotopic (exact) mass is 287 g/mol. The molecule has 0 aliphatic heterocycles. The Bertz CT molecular complexity index is 582. The molecule has 0 spiro atoms. The average molecular weight is 287 g/mol. The van der Waals surface area contributed by atoms with Gasteiger partial charge in [0.1, 0.15) is 5.75 Å². The maximum atomic E-state index is 5.27. The molecule has 1 aromatic carbocycles. The first-order valence-corrected chi connectivity index (χ1v) is 7.12. The number of fused-ring (bicyclic) bond motifs is 1. The molecular formula is C15H17N3OS. The van der Waals surface area contributed by atoms with Crippen LogP contribution in [0.4, 0.5) is 5.69 Å². The van der Waals surface area contributed by atoms with Crippen LogP contribution in [0.2, 0.25) is 0 Å². The van der Waals surface area contributed by atoms with Crippen molar-refractivity contribution >= 4 is 28.7 Å². The minimum Gasteiger partial charge on any atom is -0.495 e. The molecule has 0 radical (unpaired) electrons. The van der Waals surface area contributed by atoms with Gasteiger partial charge in [-0.3, -0.25) is 5.43 Å². The van der Waals surface area contributed by atoms with Crippen LogP contribution in [0.1, 0.15) is 12.8 Å². The number of hydrogen-bond donors (Lipinski definition) is 2. The maximum absolute atomic E-state index is 5.27. The van der Waals surface area contributed by atoms with Crippen LogP contribution in [0, 0.1) is 11.8 Å². The highest BCUT2D eigenvalue weighted by atomic mass is 32.1. The Morgan fingerprint density at radius 1 is 1.40 bits per heavy atom. The largest absolute Gasteiger partial charge is 0.495 e. The van der Waals surface area contributed by atoms with Gasteiger partial charge in [-0.2, -0.15) is 5.10 Å². The van der Waals surface area contributed by atoms with Crippen molar-refractivity contribution in [2.24, 2.45) is 16.9 Å². The summed E-state index contributed by atoms with van der Waals surface area (Å²) in [5, 5.41) is 7.99. The molecule has 20 heavy (non-hydrogen) atoms. The van der Waals surface area contributed by atoms with Crippen LogP contribution in [0.25, 0.3) is 0 Å². The maximum Gasteiger partial charge on any atom is 0.191 e. The lowest BCUT2D eigenvalue weighted by molar-refractivity contribution is 0.417. The van der Waals surface area contributed by atoms with E-state index in [4.69, 9.17) is 17.0 Å². The molecule has 1 saturated carbocycles. The highest BCUT2D eigenvalue weighted by Gasteiger charge is 2.37. The Morgan fingerprint density at radius 3 is 3.05 bits per heavy atom. The summed E-state index contributed by atoms with van der Waals surface area (Å²) < 4.78 is 5.27. The van der Waals surface area contributed by atoms with Gasteiger partial charge in [0.2, 0.25) is 0 Å². The van der Waals surface area contributed by atoms with E-state index in [1.807, 2.05) is 24.3 Å². The predicted octanol–water partition coefficient (Wildman–Crippen LogP) is 2.93. The minimum absolute atomic E-state index is 0.483. The van der Waals surface area contributed by atoms with Crippen LogP contribution < -0.4 is 15.5 Å². The first-order chi connectivity index (χ1) is 9.78.